The van der Waals surface area contributed by atoms with Crippen LogP contribution in [-0.2, 0) is 9.59 Å². The molecular formula is C17H17N3O2. The summed E-state index contributed by atoms with van der Waals surface area (Å²) in [5.74, 6) is -0.483. The van der Waals surface area contributed by atoms with Gasteiger partial charge in [-0.25, -0.2) is 0 Å². The van der Waals surface area contributed by atoms with Crippen molar-refractivity contribution < 1.29 is 9.59 Å². The van der Waals surface area contributed by atoms with Crippen molar-refractivity contribution in [3.63, 3.8) is 0 Å². The zero-order valence-electron chi connectivity index (χ0n) is 12.3. The second-order valence-corrected chi connectivity index (χ2v) is 4.73. The number of anilines is 1. The van der Waals surface area contributed by atoms with Gasteiger partial charge in [-0.1, -0.05) is 24.3 Å². The van der Waals surface area contributed by atoms with Crippen molar-refractivity contribution in [1.82, 2.24) is 9.88 Å². The van der Waals surface area contributed by atoms with E-state index in [2.05, 4.69) is 10.3 Å². The van der Waals surface area contributed by atoms with Crippen molar-refractivity contribution in [3.05, 3.63) is 66.5 Å². The molecule has 0 aliphatic rings. The van der Waals surface area contributed by atoms with E-state index in [0.29, 0.717) is 5.69 Å². The quantitative estimate of drug-likeness (QED) is 0.860. The van der Waals surface area contributed by atoms with Gasteiger partial charge >= 0.3 is 0 Å². The number of nitrogens with one attached hydrogen (secondary N) is 1. The van der Waals surface area contributed by atoms with Gasteiger partial charge in [-0.15, -0.1) is 0 Å². The minimum atomic E-state index is -0.243. The number of carbonyl (C=O) groups is 2. The lowest BCUT2D eigenvalue weighted by atomic mass is 10.2. The number of rotatable bonds is 5. The van der Waals surface area contributed by atoms with Crippen molar-refractivity contribution in [2.75, 3.05) is 18.9 Å². The topological polar surface area (TPSA) is 62.3 Å². The Morgan fingerprint density at radius 1 is 1.18 bits per heavy atom. The van der Waals surface area contributed by atoms with E-state index in [1.54, 1.807) is 43.7 Å². The maximum atomic E-state index is 11.9. The van der Waals surface area contributed by atoms with E-state index in [0.717, 1.165) is 5.56 Å². The molecule has 2 rings (SSSR count). The van der Waals surface area contributed by atoms with Gasteiger partial charge in [0.05, 0.1) is 6.54 Å². The normalized spacial score (nSPS) is 10.4. The van der Waals surface area contributed by atoms with Gasteiger partial charge in [-0.05, 0) is 29.8 Å². The van der Waals surface area contributed by atoms with E-state index >= 15 is 0 Å². The van der Waals surface area contributed by atoms with Gasteiger partial charge in [0.2, 0.25) is 11.8 Å². The maximum absolute atomic E-state index is 11.9. The summed E-state index contributed by atoms with van der Waals surface area (Å²) in [6.07, 6.45) is 6.42. The van der Waals surface area contributed by atoms with Gasteiger partial charge < -0.3 is 10.2 Å². The van der Waals surface area contributed by atoms with E-state index in [1.165, 1.54) is 11.0 Å². The van der Waals surface area contributed by atoms with Gasteiger partial charge in [0, 0.05) is 31.2 Å². The first-order valence-electron chi connectivity index (χ1n) is 6.83. The average molecular weight is 295 g/mol. The highest BCUT2D eigenvalue weighted by atomic mass is 16.2. The standard InChI is InChI=1S/C17H17N3O2/c1-20(13-16(21)19-15-7-3-2-4-8-15)17(22)10-9-14-6-5-11-18-12-14/h2-12H,13H2,1H3,(H,19,21)/b10-9-. The fraction of sp³-hybridized carbons (Fsp3) is 0.118. The second-order valence-electron chi connectivity index (χ2n) is 4.73. The number of likely N-dealkylation sites (N-methyl/N-ethyl adjacent to an activating group) is 1. The molecule has 2 amide bonds. The Bertz CT molecular complexity index is 654. The lowest BCUT2D eigenvalue weighted by molar-refractivity contribution is -0.129. The van der Waals surface area contributed by atoms with Crippen LogP contribution in [0, 0.1) is 0 Å². The fourth-order valence-electron chi connectivity index (χ4n) is 1.78. The predicted octanol–water partition coefficient (Wildman–Crippen LogP) is 2.19. The summed E-state index contributed by atoms with van der Waals surface area (Å²) in [6, 6.07) is 12.8. The van der Waals surface area contributed by atoms with E-state index < -0.39 is 0 Å². The van der Waals surface area contributed by atoms with Gasteiger partial charge in [0.25, 0.3) is 0 Å². The molecule has 0 radical (unpaired) electrons. The highest BCUT2D eigenvalue weighted by Crippen LogP contribution is 2.05. The highest BCUT2D eigenvalue weighted by Gasteiger charge is 2.10. The smallest absolute Gasteiger partial charge is 0.246 e. The minimum absolute atomic E-state index is 0.00882. The molecule has 0 saturated heterocycles. The number of hydrogen-bond donors (Lipinski definition) is 1. The lowest BCUT2D eigenvalue weighted by Crippen LogP contribution is -2.33. The Morgan fingerprint density at radius 2 is 1.95 bits per heavy atom. The minimum Gasteiger partial charge on any atom is -0.333 e. The Labute approximate surface area is 129 Å². The number of carbonyl (C=O) groups excluding carboxylic acids is 2. The van der Waals surface area contributed by atoms with Crippen LogP contribution in [0.5, 0.6) is 0 Å². The Morgan fingerprint density at radius 3 is 2.64 bits per heavy atom. The molecule has 5 nitrogen and oxygen atoms in total. The number of benzene rings is 1. The maximum Gasteiger partial charge on any atom is 0.246 e. The van der Waals surface area contributed by atoms with Gasteiger partial charge in [-0.2, -0.15) is 0 Å². The molecule has 0 unspecified atom stereocenters. The van der Waals surface area contributed by atoms with Gasteiger partial charge in [0.15, 0.2) is 0 Å². The Kier molecular flexibility index (Phi) is 5.43. The van der Waals surface area contributed by atoms with E-state index in [-0.39, 0.29) is 18.4 Å². The molecule has 0 spiro atoms. The molecule has 1 heterocycles. The number of amides is 2. The van der Waals surface area contributed by atoms with E-state index in [1.807, 2.05) is 24.3 Å². The fourth-order valence-corrected chi connectivity index (χ4v) is 1.78. The van der Waals surface area contributed by atoms with Crippen molar-refractivity contribution in [3.8, 4) is 0 Å². The molecule has 0 saturated carbocycles. The van der Waals surface area contributed by atoms with Crippen LogP contribution in [0.3, 0.4) is 0 Å². The molecule has 0 fully saturated rings. The second kappa shape index (κ2) is 7.73. The Hall–Kier alpha value is -2.95. The summed E-state index contributed by atoms with van der Waals surface area (Å²) in [4.78, 5) is 29.1. The molecule has 22 heavy (non-hydrogen) atoms. The van der Waals surface area contributed by atoms with Crippen LogP contribution in [-0.4, -0.2) is 35.3 Å². The lowest BCUT2D eigenvalue weighted by Gasteiger charge is -2.14. The van der Waals surface area contributed by atoms with Crippen LogP contribution in [0.15, 0.2) is 60.9 Å². The van der Waals surface area contributed by atoms with Crippen molar-refractivity contribution in [1.29, 1.82) is 0 Å². The monoisotopic (exact) mass is 295 g/mol. The molecule has 0 aliphatic carbocycles. The summed E-state index contributed by atoms with van der Waals surface area (Å²) in [5, 5.41) is 2.73. The van der Waals surface area contributed by atoms with Crippen LogP contribution in [0.2, 0.25) is 0 Å². The molecular weight excluding hydrogens is 278 g/mol. The molecule has 1 aromatic heterocycles. The summed E-state index contributed by atoms with van der Waals surface area (Å²) in [7, 11) is 1.58. The van der Waals surface area contributed by atoms with Crippen LogP contribution >= 0.6 is 0 Å². The summed E-state index contributed by atoms with van der Waals surface area (Å²) < 4.78 is 0. The first-order chi connectivity index (χ1) is 10.6. The Balaban J connectivity index is 1.86. The number of pyridine rings is 1. The van der Waals surface area contributed by atoms with E-state index in [9.17, 15) is 9.59 Å². The molecule has 0 atom stereocenters. The van der Waals surface area contributed by atoms with Gasteiger partial charge in [-0.3, -0.25) is 14.6 Å². The van der Waals surface area contributed by atoms with Crippen molar-refractivity contribution in [2.45, 2.75) is 0 Å². The predicted molar refractivity (Wildman–Crippen MR) is 86.0 cm³/mol. The van der Waals surface area contributed by atoms with Crippen LogP contribution in [0.25, 0.3) is 6.08 Å². The molecule has 1 aromatic carbocycles. The SMILES string of the molecule is CN(CC(=O)Nc1ccccc1)C(=O)/C=C\c1cccnc1. The largest absolute Gasteiger partial charge is 0.333 e. The molecule has 112 valence electrons. The molecule has 5 heteroatoms. The third-order valence-corrected chi connectivity index (χ3v) is 2.92. The van der Waals surface area contributed by atoms with Crippen LogP contribution in [0.4, 0.5) is 5.69 Å². The van der Waals surface area contributed by atoms with Crippen molar-refractivity contribution >= 4 is 23.6 Å². The van der Waals surface area contributed by atoms with Crippen LogP contribution in [0.1, 0.15) is 5.56 Å². The third kappa shape index (κ3) is 4.86. The zero-order valence-corrected chi connectivity index (χ0v) is 12.3. The molecule has 2 aromatic rings. The third-order valence-electron chi connectivity index (χ3n) is 2.92. The summed E-state index contributed by atoms with van der Waals surface area (Å²) in [6.45, 7) is -0.00882. The molecule has 0 aliphatic heterocycles. The average Bonchev–Trinajstić information content (AvgIpc) is 2.54. The number of nitrogens with zero attached hydrogens (tertiary/aromatic N) is 2. The number of hydrogen-bond acceptors (Lipinski definition) is 3. The van der Waals surface area contributed by atoms with Crippen molar-refractivity contribution in [2.24, 2.45) is 0 Å². The zero-order chi connectivity index (χ0) is 15.8. The summed E-state index contributed by atoms with van der Waals surface area (Å²) >= 11 is 0. The van der Waals surface area contributed by atoms with Crippen LogP contribution < -0.4 is 5.32 Å². The highest BCUT2D eigenvalue weighted by molar-refractivity contribution is 5.97. The number of aromatic nitrogens is 1. The van der Waals surface area contributed by atoms with E-state index in [4.69, 9.17) is 0 Å². The summed E-state index contributed by atoms with van der Waals surface area (Å²) in [5.41, 5.74) is 1.54. The molecule has 1 N–H and O–H groups in total. The molecule has 0 bridgehead atoms. The first-order valence-corrected chi connectivity index (χ1v) is 6.83. The van der Waals surface area contributed by atoms with Gasteiger partial charge in [0.1, 0.15) is 0 Å². The number of para-hydroxylation sites is 1. The first kappa shape index (κ1) is 15.4.